The first-order valence-electron chi connectivity index (χ1n) is 5.73. The average Bonchev–Trinajstić information content (AvgIpc) is 2.78. The molecule has 0 saturated carbocycles. The quantitative estimate of drug-likeness (QED) is 0.782. The van der Waals surface area contributed by atoms with E-state index in [4.69, 9.17) is 0 Å². The Hall–Kier alpha value is -2.06. The highest BCUT2D eigenvalue weighted by atomic mass is 15.3. The van der Waals surface area contributed by atoms with Crippen LogP contribution in [-0.4, -0.2) is 35.7 Å². The molecule has 2 aromatic rings. The van der Waals surface area contributed by atoms with Crippen LogP contribution in [-0.2, 0) is 0 Å². The highest BCUT2D eigenvalue weighted by Gasteiger charge is 2.18. The maximum Gasteiger partial charge on any atom is 0.220 e. The third-order valence-electron chi connectivity index (χ3n) is 3.04. The second kappa shape index (κ2) is 4.07. The zero-order chi connectivity index (χ0) is 11.7. The Morgan fingerprint density at radius 1 is 1.24 bits per heavy atom. The molecule has 2 heterocycles. The Morgan fingerprint density at radius 2 is 2.00 bits per heavy atom. The maximum atomic E-state index is 9.27. The fourth-order valence-corrected chi connectivity index (χ4v) is 2.19. The predicted octanol–water partition coefficient (Wildman–Crippen LogP) is 0.775. The molecule has 5 nitrogen and oxygen atoms in total. The van der Waals surface area contributed by atoms with Gasteiger partial charge in [-0.2, -0.15) is 5.26 Å². The minimum absolute atomic E-state index is 0.759. The van der Waals surface area contributed by atoms with Crippen molar-refractivity contribution in [1.29, 1.82) is 5.26 Å². The molecule has 3 rings (SSSR count). The number of nitriles is 1. The van der Waals surface area contributed by atoms with Gasteiger partial charge in [0.1, 0.15) is 0 Å². The Balaban J connectivity index is 2.12. The molecule has 0 amide bonds. The lowest BCUT2D eigenvalue weighted by Gasteiger charge is -2.27. The lowest BCUT2D eigenvalue weighted by atomic mass is 10.3. The fourth-order valence-electron chi connectivity index (χ4n) is 2.19. The van der Waals surface area contributed by atoms with E-state index in [0.717, 1.165) is 43.2 Å². The van der Waals surface area contributed by atoms with Gasteiger partial charge in [0.15, 0.2) is 6.19 Å². The molecule has 1 aliphatic rings. The van der Waals surface area contributed by atoms with Crippen molar-refractivity contribution in [3.63, 3.8) is 0 Å². The normalized spacial score (nSPS) is 16.1. The molecule has 1 aliphatic heterocycles. The van der Waals surface area contributed by atoms with Crippen molar-refractivity contribution < 1.29 is 0 Å². The monoisotopic (exact) mass is 227 g/mol. The van der Waals surface area contributed by atoms with E-state index in [9.17, 15) is 5.26 Å². The summed E-state index contributed by atoms with van der Waals surface area (Å²) in [7, 11) is 0. The van der Waals surface area contributed by atoms with E-state index in [1.54, 1.807) is 4.57 Å². The van der Waals surface area contributed by atoms with Crippen LogP contribution in [0.4, 0.5) is 5.95 Å². The van der Waals surface area contributed by atoms with Gasteiger partial charge >= 0.3 is 0 Å². The molecule has 5 heteroatoms. The van der Waals surface area contributed by atoms with Crippen LogP contribution < -0.4 is 10.2 Å². The largest absolute Gasteiger partial charge is 0.339 e. The van der Waals surface area contributed by atoms with E-state index in [-0.39, 0.29) is 0 Å². The van der Waals surface area contributed by atoms with Gasteiger partial charge in [0, 0.05) is 26.2 Å². The van der Waals surface area contributed by atoms with Gasteiger partial charge in [0.25, 0.3) is 0 Å². The first-order chi connectivity index (χ1) is 8.40. The number of anilines is 1. The van der Waals surface area contributed by atoms with Gasteiger partial charge in [-0.25, -0.2) is 9.55 Å². The number of fused-ring (bicyclic) bond motifs is 1. The zero-order valence-electron chi connectivity index (χ0n) is 9.43. The second-order valence-corrected chi connectivity index (χ2v) is 4.07. The fraction of sp³-hybridized carbons (Fsp3) is 0.333. The van der Waals surface area contributed by atoms with Crippen molar-refractivity contribution in [2.45, 2.75) is 0 Å². The van der Waals surface area contributed by atoms with Crippen LogP contribution in [0, 0.1) is 11.5 Å². The number of piperazine rings is 1. The first-order valence-corrected chi connectivity index (χ1v) is 5.73. The molecular formula is C12H13N5. The van der Waals surface area contributed by atoms with Gasteiger partial charge in [0.2, 0.25) is 5.95 Å². The van der Waals surface area contributed by atoms with Gasteiger partial charge in [-0.05, 0) is 12.1 Å². The third-order valence-corrected chi connectivity index (χ3v) is 3.04. The van der Waals surface area contributed by atoms with Crippen LogP contribution in [0.15, 0.2) is 24.3 Å². The number of hydrogen-bond donors (Lipinski definition) is 1. The summed E-state index contributed by atoms with van der Waals surface area (Å²) < 4.78 is 1.61. The smallest absolute Gasteiger partial charge is 0.220 e. The standard InChI is InChI=1S/C12H13N5/c13-9-17-11-4-2-1-3-10(11)15-12(17)16-7-5-14-6-8-16/h1-4,14H,5-8H2. The summed E-state index contributed by atoms with van der Waals surface area (Å²) in [5.74, 6) is 0.759. The van der Waals surface area contributed by atoms with E-state index < -0.39 is 0 Å². The number of benzene rings is 1. The maximum absolute atomic E-state index is 9.27. The highest BCUT2D eigenvalue weighted by molar-refractivity contribution is 5.79. The van der Waals surface area contributed by atoms with Gasteiger partial charge < -0.3 is 10.2 Å². The summed E-state index contributed by atoms with van der Waals surface area (Å²) in [4.78, 5) is 6.70. The minimum Gasteiger partial charge on any atom is -0.339 e. The Labute approximate surface area is 99.3 Å². The number of imidazole rings is 1. The first kappa shape index (κ1) is 10.1. The van der Waals surface area contributed by atoms with E-state index >= 15 is 0 Å². The van der Waals surface area contributed by atoms with Gasteiger partial charge in [-0.1, -0.05) is 12.1 Å². The molecule has 1 aromatic heterocycles. The SMILES string of the molecule is N#Cn1c(N2CCNCC2)nc2ccccc21. The van der Waals surface area contributed by atoms with Gasteiger partial charge in [-0.15, -0.1) is 0 Å². The minimum atomic E-state index is 0.759. The van der Waals surface area contributed by atoms with Crippen LogP contribution in [0.5, 0.6) is 0 Å². The van der Waals surface area contributed by atoms with Crippen LogP contribution in [0.3, 0.4) is 0 Å². The zero-order valence-corrected chi connectivity index (χ0v) is 9.43. The molecule has 0 spiro atoms. The van der Waals surface area contributed by atoms with Gasteiger partial charge in [-0.3, -0.25) is 0 Å². The molecule has 1 aromatic carbocycles. The van der Waals surface area contributed by atoms with E-state index in [1.807, 2.05) is 24.3 Å². The highest BCUT2D eigenvalue weighted by Crippen LogP contribution is 2.21. The lowest BCUT2D eigenvalue weighted by Crippen LogP contribution is -2.44. The number of nitrogens with zero attached hydrogens (tertiary/aromatic N) is 4. The summed E-state index contributed by atoms with van der Waals surface area (Å²) >= 11 is 0. The number of nitrogens with one attached hydrogen (secondary N) is 1. The molecule has 1 fully saturated rings. The average molecular weight is 227 g/mol. The predicted molar refractivity (Wildman–Crippen MR) is 65.8 cm³/mol. The van der Waals surface area contributed by atoms with E-state index in [1.165, 1.54) is 0 Å². The molecule has 0 aliphatic carbocycles. The van der Waals surface area contributed by atoms with Crippen molar-refractivity contribution in [2.24, 2.45) is 0 Å². The summed E-state index contributed by atoms with van der Waals surface area (Å²) in [5.41, 5.74) is 1.76. The van der Waals surface area contributed by atoms with Gasteiger partial charge in [0.05, 0.1) is 11.0 Å². The molecule has 0 bridgehead atoms. The van der Waals surface area contributed by atoms with Crippen molar-refractivity contribution in [2.75, 3.05) is 31.1 Å². The van der Waals surface area contributed by atoms with E-state index in [2.05, 4.69) is 21.4 Å². The molecule has 0 radical (unpaired) electrons. The molecule has 17 heavy (non-hydrogen) atoms. The molecule has 1 saturated heterocycles. The summed E-state index contributed by atoms with van der Waals surface area (Å²) in [6, 6.07) is 7.74. The number of rotatable bonds is 1. The number of hydrogen-bond acceptors (Lipinski definition) is 4. The topological polar surface area (TPSA) is 56.9 Å². The third kappa shape index (κ3) is 1.63. The Kier molecular flexibility index (Phi) is 2.42. The van der Waals surface area contributed by atoms with Crippen molar-refractivity contribution >= 4 is 17.0 Å². The summed E-state index contributed by atoms with van der Waals surface area (Å²) in [5, 5.41) is 12.6. The number of aromatic nitrogens is 2. The van der Waals surface area contributed by atoms with E-state index in [0.29, 0.717) is 0 Å². The molecule has 86 valence electrons. The molecule has 1 N–H and O–H groups in total. The Bertz CT molecular complexity index is 574. The van der Waals surface area contributed by atoms with Crippen molar-refractivity contribution in [3.05, 3.63) is 24.3 Å². The summed E-state index contributed by atoms with van der Waals surface area (Å²) in [6.45, 7) is 3.67. The van der Waals surface area contributed by atoms with Crippen molar-refractivity contribution in [3.8, 4) is 6.19 Å². The van der Waals surface area contributed by atoms with Crippen molar-refractivity contribution in [1.82, 2.24) is 14.9 Å². The molecular weight excluding hydrogens is 214 g/mol. The van der Waals surface area contributed by atoms with Crippen LogP contribution in [0.1, 0.15) is 0 Å². The second-order valence-electron chi connectivity index (χ2n) is 4.07. The molecule has 0 unspecified atom stereocenters. The van der Waals surface area contributed by atoms with Crippen LogP contribution in [0.25, 0.3) is 11.0 Å². The molecule has 0 atom stereocenters. The van der Waals surface area contributed by atoms with Crippen LogP contribution >= 0.6 is 0 Å². The summed E-state index contributed by atoms with van der Waals surface area (Å²) in [6.07, 6.45) is 2.21. The van der Waals surface area contributed by atoms with Crippen LogP contribution in [0.2, 0.25) is 0 Å². The number of para-hydroxylation sites is 2. The lowest BCUT2D eigenvalue weighted by molar-refractivity contribution is 0.579. The Morgan fingerprint density at radius 3 is 2.76 bits per heavy atom.